The number of halogens is 3. The molecule has 6 nitrogen and oxygen atoms in total. The summed E-state index contributed by atoms with van der Waals surface area (Å²) in [4.78, 5) is 16.2. The number of carbonyl (C=O) groups is 1. The van der Waals surface area contributed by atoms with Crippen molar-refractivity contribution >= 4 is 39.1 Å². The predicted molar refractivity (Wildman–Crippen MR) is 115 cm³/mol. The third-order valence-corrected chi connectivity index (χ3v) is 7.69. The van der Waals surface area contributed by atoms with E-state index in [0.29, 0.717) is 29.7 Å². The van der Waals surface area contributed by atoms with Gasteiger partial charge in [-0.25, -0.2) is 12.8 Å². The van der Waals surface area contributed by atoms with Gasteiger partial charge < -0.3 is 4.90 Å². The van der Waals surface area contributed by atoms with Crippen molar-refractivity contribution < 1.29 is 17.6 Å². The van der Waals surface area contributed by atoms with Crippen LogP contribution in [0.15, 0.2) is 47.4 Å². The summed E-state index contributed by atoms with van der Waals surface area (Å²) in [6.45, 7) is 1.61. The van der Waals surface area contributed by atoms with Crippen molar-refractivity contribution in [3.8, 4) is 0 Å². The average molecular weight is 474 g/mol. The number of rotatable bonds is 6. The number of hydrogen-bond donors (Lipinski definition) is 0. The first kappa shape index (κ1) is 23.0. The van der Waals surface area contributed by atoms with Gasteiger partial charge in [0.05, 0.1) is 21.5 Å². The van der Waals surface area contributed by atoms with Crippen LogP contribution < -0.4 is 0 Å². The standard InChI is InChI=1S/C20H22Cl2FN3O3S/c1-24(13-15-3-2-4-18(21)20(15)22)14-19(27)25-9-11-26(12-10-25)30(28,29)17-7-5-16(23)6-8-17/h2-8H,9-14H2,1H3. The fourth-order valence-corrected chi connectivity index (χ4v) is 5.08. The number of benzene rings is 2. The molecule has 0 atom stereocenters. The number of likely N-dealkylation sites (N-methyl/N-ethyl adjacent to an activating group) is 1. The van der Waals surface area contributed by atoms with E-state index >= 15 is 0 Å². The van der Waals surface area contributed by atoms with Crippen LogP contribution in [0.4, 0.5) is 4.39 Å². The Morgan fingerprint density at radius 1 is 1.07 bits per heavy atom. The lowest BCUT2D eigenvalue weighted by molar-refractivity contribution is -0.133. The van der Waals surface area contributed by atoms with Crippen molar-refractivity contribution in [1.82, 2.24) is 14.1 Å². The second-order valence-corrected chi connectivity index (χ2v) is 9.85. The van der Waals surface area contributed by atoms with Gasteiger partial charge in [-0.3, -0.25) is 9.69 Å². The lowest BCUT2D eigenvalue weighted by Gasteiger charge is -2.34. The number of sulfonamides is 1. The maximum Gasteiger partial charge on any atom is 0.243 e. The molecule has 0 spiro atoms. The third-order valence-electron chi connectivity index (χ3n) is 4.92. The average Bonchev–Trinajstić information content (AvgIpc) is 2.72. The summed E-state index contributed by atoms with van der Waals surface area (Å²) in [5.41, 5.74) is 0.828. The van der Waals surface area contributed by atoms with Crippen LogP contribution in [0.1, 0.15) is 5.56 Å². The van der Waals surface area contributed by atoms with Crippen LogP contribution in [0.2, 0.25) is 10.0 Å². The highest BCUT2D eigenvalue weighted by atomic mass is 35.5. The van der Waals surface area contributed by atoms with E-state index in [9.17, 15) is 17.6 Å². The van der Waals surface area contributed by atoms with E-state index in [1.807, 2.05) is 18.0 Å². The summed E-state index contributed by atoms with van der Waals surface area (Å²) in [5, 5.41) is 0.936. The molecule has 30 heavy (non-hydrogen) atoms. The molecule has 0 unspecified atom stereocenters. The van der Waals surface area contributed by atoms with Gasteiger partial charge in [0.1, 0.15) is 5.82 Å². The van der Waals surface area contributed by atoms with Crippen LogP contribution in [0.25, 0.3) is 0 Å². The Morgan fingerprint density at radius 2 is 1.70 bits per heavy atom. The Labute approximate surface area is 185 Å². The van der Waals surface area contributed by atoms with Crippen molar-refractivity contribution in [3.05, 3.63) is 63.9 Å². The smallest absolute Gasteiger partial charge is 0.243 e. The van der Waals surface area contributed by atoms with Gasteiger partial charge in [0.15, 0.2) is 0 Å². The van der Waals surface area contributed by atoms with Gasteiger partial charge in [-0.1, -0.05) is 35.3 Å². The van der Waals surface area contributed by atoms with Crippen LogP contribution in [-0.2, 0) is 21.4 Å². The summed E-state index contributed by atoms with van der Waals surface area (Å²) in [5.74, 6) is -0.581. The molecule has 162 valence electrons. The van der Waals surface area contributed by atoms with E-state index in [2.05, 4.69) is 0 Å². The fraction of sp³-hybridized carbons (Fsp3) is 0.350. The van der Waals surface area contributed by atoms with Crippen molar-refractivity contribution in [2.75, 3.05) is 39.8 Å². The van der Waals surface area contributed by atoms with Crippen LogP contribution in [0, 0.1) is 5.82 Å². The van der Waals surface area contributed by atoms with Crippen molar-refractivity contribution in [2.24, 2.45) is 0 Å². The zero-order chi connectivity index (χ0) is 21.9. The minimum atomic E-state index is -3.71. The molecular weight excluding hydrogens is 452 g/mol. The van der Waals surface area contributed by atoms with Crippen molar-refractivity contribution in [1.29, 1.82) is 0 Å². The molecule has 0 bridgehead atoms. The Kier molecular flexibility index (Phi) is 7.36. The van der Waals surface area contributed by atoms with Gasteiger partial charge in [-0.2, -0.15) is 4.31 Å². The normalized spacial score (nSPS) is 15.6. The van der Waals surface area contributed by atoms with E-state index in [4.69, 9.17) is 23.2 Å². The highest BCUT2D eigenvalue weighted by Crippen LogP contribution is 2.26. The van der Waals surface area contributed by atoms with Gasteiger partial charge in [-0.05, 0) is 42.9 Å². The highest BCUT2D eigenvalue weighted by molar-refractivity contribution is 7.89. The first-order valence-electron chi connectivity index (χ1n) is 9.33. The molecule has 10 heteroatoms. The monoisotopic (exact) mass is 473 g/mol. The zero-order valence-corrected chi connectivity index (χ0v) is 18.7. The molecule has 1 fully saturated rings. The lowest BCUT2D eigenvalue weighted by Crippen LogP contribution is -2.52. The number of nitrogens with zero attached hydrogens (tertiary/aromatic N) is 3. The van der Waals surface area contributed by atoms with Gasteiger partial charge in [0.25, 0.3) is 0 Å². The molecule has 1 amide bonds. The molecule has 2 aromatic carbocycles. The highest BCUT2D eigenvalue weighted by Gasteiger charge is 2.30. The number of piperazine rings is 1. The Hall–Kier alpha value is -1.71. The molecule has 0 radical (unpaired) electrons. The second kappa shape index (κ2) is 9.62. The topological polar surface area (TPSA) is 60.9 Å². The maximum absolute atomic E-state index is 13.1. The minimum absolute atomic E-state index is 0.0433. The quantitative estimate of drug-likeness (QED) is 0.646. The summed E-state index contributed by atoms with van der Waals surface area (Å²) >= 11 is 12.2. The summed E-state index contributed by atoms with van der Waals surface area (Å²) in [6, 6.07) is 10.1. The number of hydrogen-bond acceptors (Lipinski definition) is 4. The number of carbonyl (C=O) groups excluding carboxylic acids is 1. The lowest BCUT2D eigenvalue weighted by atomic mass is 10.2. The first-order chi connectivity index (χ1) is 14.2. The van der Waals surface area contributed by atoms with Gasteiger partial charge in [0, 0.05) is 32.7 Å². The van der Waals surface area contributed by atoms with Crippen LogP contribution >= 0.6 is 23.2 Å². The largest absolute Gasteiger partial charge is 0.339 e. The second-order valence-electron chi connectivity index (χ2n) is 7.12. The van der Waals surface area contributed by atoms with E-state index in [-0.39, 0.29) is 30.4 Å². The molecule has 1 aliphatic heterocycles. The Morgan fingerprint density at radius 3 is 2.33 bits per heavy atom. The third kappa shape index (κ3) is 5.31. The Balaban J connectivity index is 1.55. The fourth-order valence-electron chi connectivity index (χ4n) is 3.28. The molecule has 3 rings (SSSR count). The van der Waals surface area contributed by atoms with Gasteiger partial charge in [0.2, 0.25) is 15.9 Å². The molecule has 0 aromatic heterocycles. The zero-order valence-electron chi connectivity index (χ0n) is 16.4. The Bertz CT molecular complexity index is 1010. The molecule has 0 aliphatic carbocycles. The summed E-state index contributed by atoms with van der Waals surface area (Å²) < 4.78 is 39.8. The van der Waals surface area contributed by atoms with E-state index < -0.39 is 15.8 Å². The van der Waals surface area contributed by atoms with Crippen molar-refractivity contribution in [3.63, 3.8) is 0 Å². The van der Waals surface area contributed by atoms with E-state index in [0.717, 1.165) is 17.7 Å². The summed E-state index contributed by atoms with van der Waals surface area (Å²) in [6.07, 6.45) is 0. The van der Waals surface area contributed by atoms with E-state index in [1.165, 1.54) is 16.4 Å². The molecule has 0 saturated carbocycles. The summed E-state index contributed by atoms with van der Waals surface area (Å²) in [7, 11) is -1.90. The van der Waals surface area contributed by atoms with Crippen molar-refractivity contribution in [2.45, 2.75) is 11.4 Å². The van der Waals surface area contributed by atoms with Crippen LogP contribution in [-0.4, -0.2) is 68.2 Å². The van der Waals surface area contributed by atoms with Crippen LogP contribution in [0.5, 0.6) is 0 Å². The van der Waals surface area contributed by atoms with Crippen LogP contribution in [0.3, 0.4) is 0 Å². The molecule has 1 saturated heterocycles. The molecule has 2 aromatic rings. The first-order valence-corrected chi connectivity index (χ1v) is 11.5. The van der Waals surface area contributed by atoms with Gasteiger partial charge in [-0.15, -0.1) is 0 Å². The predicted octanol–water partition coefficient (Wildman–Crippen LogP) is 3.10. The van der Waals surface area contributed by atoms with Gasteiger partial charge >= 0.3 is 0 Å². The molecule has 0 N–H and O–H groups in total. The minimum Gasteiger partial charge on any atom is -0.339 e. The number of amides is 1. The SMILES string of the molecule is CN(CC(=O)N1CCN(S(=O)(=O)c2ccc(F)cc2)CC1)Cc1cccc(Cl)c1Cl. The molecular formula is C20H22Cl2FN3O3S. The maximum atomic E-state index is 13.1. The molecule has 1 heterocycles. The molecule has 1 aliphatic rings. The van der Waals surface area contributed by atoms with E-state index in [1.54, 1.807) is 17.0 Å².